The molecule has 0 aliphatic rings. The summed E-state index contributed by atoms with van der Waals surface area (Å²) in [4.78, 5) is 23.1. The monoisotopic (exact) mass is 840 g/mol. The number of phosphoric acid groups is 1. The van der Waals surface area contributed by atoms with Crippen LogP contribution in [0.3, 0.4) is 0 Å². The number of nitrogens with one attached hydrogen (secondary N) is 1. The van der Waals surface area contributed by atoms with E-state index in [1.54, 1.807) is 0 Å². The van der Waals surface area contributed by atoms with E-state index in [0.717, 1.165) is 51.4 Å². The fourth-order valence-electron chi connectivity index (χ4n) is 6.99. The number of unbranched alkanes of at least 4 members (excludes halogenated alkanes) is 25. The highest BCUT2D eigenvalue weighted by molar-refractivity contribution is 7.47. The maximum Gasteiger partial charge on any atom is 0.472 e. The summed E-state index contributed by atoms with van der Waals surface area (Å²) in [5, 5.41) is 13.8. The van der Waals surface area contributed by atoms with E-state index >= 15 is 0 Å². The van der Waals surface area contributed by atoms with Gasteiger partial charge in [-0.15, -0.1) is 0 Å². The van der Waals surface area contributed by atoms with Crippen molar-refractivity contribution in [2.24, 2.45) is 0 Å². The number of hydrogen-bond acceptors (Lipinski definition) is 5. The van der Waals surface area contributed by atoms with Gasteiger partial charge in [0.25, 0.3) is 0 Å². The van der Waals surface area contributed by atoms with Crippen LogP contribution in [-0.4, -0.2) is 73.4 Å². The Morgan fingerprint density at radius 3 is 1.43 bits per heavy atom. The molecule has 0 aromatic heterocycles. The van der Waals surface area contributed by atoms with Gasteiger partial charge in [-0.25, -0.2) is 4.57 Å². The number of rotatable bonds is 44. The third kappa shape index (κ3) is 42.8. The molecule has 8 nitrogen and oxygen atoms in total. The molecule has 0 aromatic carbocycles. The molecule has 1 amide bonds. The lowest BCUT2D eigenvalue weighted by Crippen LogP contribution is -2.46. The normalized spacial score (nSPS) is 14.5. The van der Waals surface area contributed by atoms with Gasteiger partial charge in [-0.2, -0.15) is 0 Å². The Kier molecular flexibility index (Phi) is 40.2. The average molecular weight is 840 g/mol. The van der Waals surface area contributed by atoms with E-state index in [0.29, 0.717) is 23.9 Å². The molecule has 0 bridgehead atoms. The third-order valence-corrected chi connectivity index (χ3v) is 11.9. The van der Waals surface area contributed by atoms with Crippen LogP contribution in [0.4, 0.5) is 0 Å². The van der Waals surface area contributed by atoms with Crippen LogP contribution < -0.4 is 5.32 Å². The van der Waals surface area contributed by atoms with Crippen LogP contribution in [0.2, 0.25) is 0 Å². The Balaban J connectivity index is 3.98. The number of hydrogen-bond donors (Lipinski definition) is 3. The Bertz CT molecular complexity index is 1040. The van der Waals surface area contributed by atoms with Crippen LogP contribution in [-0.2, 0) is 18.4 Å². The summed E-state index contributed by atoms with van der Waals surface area (Å²) in [7, 11) is 1.61. The number of carbonyl (C=O) groups is 1. The largest absolute Gasteiger partial charge is 0.472 e. The highest BCUT2D eigenvalue weighted by Crippen LogP contribution is 2.43. The molecule has 3 N–H and O–H groups in total. The summed E-state index contributed by atoms with van der Waals surface area (Å²) >= 11 is 0. The van der Waals surface area contributed by atoms with Gasteiger partial charge in [0.2, 0.25) is 5.91 Å². The van der Waals surface area contributed by atoms with Crippen molar-refractivity contribution in [3.63, 3.8) is 0 Å². The topological polar surface area (TPSA) is 105 Å². The molecule has 9 heteroatoms. The molecule has 0 saturated heterocycles. The number of allylic oxidation sites excluding steroid dienone is 6. The number of nitrogens with zero attached hydrogens (tertiary/aromatic N) is 1. The standard InChI is InChI=1S/C49H95N2O6P/c1-6-8-10-12-14-15-16-17-18-19-20-21-22-23-24-25-26-27-28-29-30-31-32-33-34-35-37-39-41-43-49(53)50-47(48(52)42-40-38-36-13-11-9-7-2)46-57-58(54,55)56-45-44-51(3,4)5/h16-17,19-20,22-23,47-48,52H,6-15,18,21,24-46H2,1-5H3,(H-,50,53,54,55)/p+1/b17-16-,20-19-,23-22-. The summed E-state index contributed by atoms with van der Waals surface area (Å²) in [6.45, 7) is 4.83. The molecule has 0 aliphatic heterocycles. The lowest BCUT2D eigenvalue weighted by atomic mass is 10.0. The molecule has 0 spiro atoms. The molecular formula is C49H96N2O6P+. The number of carbonyl (C=O) groups excluding carboxylic acids is 1. The summed E-state index contributed by atoms with van der Waals surface area (Å²) in [6, 6.07) is -0.757. The minimum atomic E-state index is -4.30. The first-order chi connectivity index (χ1) is 28.0. The second-order valence-electron chi connectivity index (χ2n) is 17.8. The highest BCUT2D eigenvalue weighted by Gasteiger charge is 2.28. The lowest BCUT2D eigenvalue weighted by molar-refractivity contribution is -0.870. The molecule has 0 aromatic rings. The quantitative estimate of drug-likeness (QED) is 0.0244. The SMILES string of the molecule is CCCCCCC/C=C\C/C=C\C/C=C\CCCCCCCCCCCCCCCCC(=O)NC(COP(=O)(O)OCC[N+](C)(C)C)C(O)CCCCCCCCC. The number of phosphoric ester groups is 1. The van der Waals surface area contributed by atoms with Gasteiger partial charge in [-0.1, -0.05) is 198 Å². The number of quaternary nitrogens is 1. The summed E-state index contributed by atoms with van der Waals surface area (Å²) < 4.78 is 23.5. The first-order valence-corrected chi connectivity index (χ1v) is 25.8. The van der Waals surface area contributed by atoms with Crippen molar-refractivity contribution >= 4 is 13.7 Å². The third-order valence-electron chi connectivity index (χ3n) is 10.9. The highest BCUT2D eigenvalue weighted by atomic mass is 31.2. The molecule has 3 atom stereocenters. The molecule has 0 radical (unpaired) electrons. The zero-order chi connectivity index (χ0) is 42.8. The molecule has 0 rings (SSSR count). The van der Waals surface area contributed by atoms with Gasteiger partial charge in [0.1, 0.15) is 13.2 Å². The van der Waals surface area contributed by atoms with Crippen molar-refractivity contribution in [2.45, 2.75) is 231 Å². The second kappa shape index (κ2) is 41.1. The maximum absolute atomic E-state index is 12.8. The number of aliphatic hydroxyl groups excluding tert-OH is 1. The van der Waals surface area contributed by atoms with E-state index in [2.05, 4.69) is 55.6 Å². The van der Waals surface area contributed by atoms with Crippen LogP contribution in [0.25, 0.3) is 0 Å². The van der Waals surface area contributed by atoms with Crippen LogP contribution in [0.15, 0.2) is 36.5 Å². The van der Waals surface area contributed by atoms with Gasteiger partial charge in [0.05, 0.1) is 39.9 Å². The minimum absolute atomic E-state index is 0.0742. The number of aliphatic hydroxyl groups is 1. The molecule has 0 heterocycles. The van der Waals surface area contributed by atoms with Gasteiger partial charge in [-0.05, 0) is 51.4 Å². The van der Waals surface area contributed by atoms with E-state index < -0.39 is 20.0 Å². The number of amides is 1. The van der Waals surface area contributed by atoms with Gasteiger partial charge >= 0.3 is 7.82 Å². The molecule has 3 unspecified atom stereocenters. The summed E-state index contributed by atoms with van der Waals surface area (Å²) in [6.07, 6.45) is 50.7. The zero-order valence-electron chi connectivity index (χ0n) is 38.8. The Hall–Kier alpha value is -1.28. The second-order valence-corrected chi connectivity index (χ2v) is 19.3. The van der Waals surface area contributed by atoms with Gasteiger partial charge < -0.3 is 19.8 Å². The molecule has 0 fully saturated rings. The van der Waals surface area contributed by atoms with E-state index in [-0.39, 0.29) is 19.1 Å². The smallest absolute Gasteiger partial charge is 0.391 e. The fourth-order valence-corrected chi connectivity index (χ4v) is 7.73. The number of likely N-dealkylation sites (N-methyl/N-ethyl adjacent to an activating group) is 1. The van der Waals surface area contributed by atoms with Crippen molar-refractivity contribution in [3.05, 3.63) is 36.5 Å². The molecule has 342 valence electrons. The minimum Gasteiger partial charge on any atom is -0.391 e. The summed E-state index contributed by atoms with van der Waals surface area (Å²) in [5.41, 5.74) is 0. The predicted molar refractivity (Wildman–Crippen MR) is 249 cm³/mol. The van der Waals surface area contributed by atoms with Crippen molar-refractivity contribution in [1.29, 1.82) is 0 Å². The summed E-state index contributed by atoms with van der Waals surface area (Å²) in [5.74, 6) is -0.149. The maximum atomic E-state index is 12.8. The molecule has 58 heavy (non-hydrogen) atoms. The fraction of sp³-hybridized carbons (Fsp3) is 0.857. The Morgan fingerprint density at radius 2 is 0.983 bits per heavy atom. The average Bonchev–Trinajstić information content (AvgIpc) is 3.17. The van der Waals surface area contributed by atoms with Crippen molar-refractivity contribution in [1.82, 2.24) is 5.32 Å². The van der Waals surface area contributed by atoms with Crippen LogP contribution in [0.5, 0.6) is 0 Å². The molecular weight excluding hydrogens is 744 g/mol. The van der Waals surface area contributed by atoms with Crippen molar-refractivity contribution in [3.8, 4) is 0 Å². The van der Waals surface area contributed by atoms with Gasteiger partial charge in [0, 0.05) is 6.42 Å². The van der Waals surface area contributed by atoms with E-state index in [4.69, 9.17) is 9.05 Å². The first-order valence-electron chi connectivity index (χ1n) is 24.4. The lowest BCUT2D eigenvalue weighted by Gasteiger charge is -2.26. The first kappa shape index (κ1) is 56.7. The van der Waals surface area contributed by atoms with E-state index in [1.165, 1.54) is 141 Å². The van der Waals surface area contributed by atoms with Gasteiger partial charge in [0.15, 0.2) is 0 Å². The Morgan fingerprint density at radius 1 is 0.586 bits per heavy atom. The van der Waals surface area contributed by atoms with Crippen LogP contribution in [0.1, 0.15) is 219 Å². The van der Waals surface area contributed by atoms with Crippen molar-refractivity contribution in [2.75, 3.05) is 40.9 Å². The van der Waals surface area contributed by atoms with E-state index in [1.807, 2.05) is 21.1 Å². The molecule has 0 saturated carbocycles. The van der Waals surface area contributed by atoms with Crippen LogP contribution >= 0.6 is 7.82 Å². The predicted octanol–water partition coefficient (Wildman–Crippen LogP) is 13.9. The Labute approximate surface area is 359 Å². The van der Waals surface area contributed by atoms with Crippen molar-refractivity contribution < 1.29 is 32.9 Å². The molecule has 0 aliphatic carbocycles. The van der Waals surface area contributed by atoms with Gasteiger partial charge in [-0.3, -0.25) is 13.8 Å². The van der Waals surface area contributed by atoms with E-state index in [9.17, 15) is 19.4 Å². The van der Waals surface area contributed by atoms with Crippen LogP contribution in [0, 0.1) is 0 Å². The zero-order valence-corrected chi connectivity index (χ0v) is 39.7.